The number of nitrogens with zero attached hydrogens (tertiary/aromatic N) is 4. The number of hydrogen-bond donors (Lipinski definition) is 1. The molecule has 1 saturated heterocycles. The van der Waals surface area contributed by atoms with E-state index in [0.717, 1.165) is 31.2 Å². The van der Waals surface area contributed by atoms with E-state index in [4.69, 9.17) is 4.98 Å². The van der Waals surface area contributed by atoms with Gasteiger partial charge in [-0.05, 0) is 37.1 Å². The van der Waals surface area contributed by atoms with Gasteiger partial charge in [0.2, 0.25) is 5.95 Å². The quantitative estimate of drug-likeness (QED) is 0.673. The lowest BCUT2D eigenvalue weighted by Gasteiger charge is -2.44. The molecule has 0 aliphatic carbocycles. The Morgan fingerprint density at radius 1 is 0.938 bits per heavy atom. The van der Waals surface area contributed by atoms with Crippen LogP contribution in [0, 0.1) is 6.92 Å². The van der Waals surface area contributed by atoms with Gasteiger partial charge in [0, 0.05) is 42.4 Å². The lowest BCUT2D eigenvalue weighted by atomic mass is 9.78. The molecule has 2 aliphatic heterocycles. The predicted molar refractivity (Wildman–Crippen MR) is 129 cm³/mol. The van der Waals surface area contributed by atoms with Crippen LogP contribution < -0.4 is 9.80 Å². The second-order valence-electron chi connectivity index (χ2n) is 10.2. The van der Waals surface area contributed by atoms with Crippen molar-refractivity contribution in [1.82, 2.24) is 9.97 Å². The van der Waals surface area contributed by atoms with Gasteiger partial charge in [0.1, 0.15) is 0 Å². The van der Waals surface area contributed by atoms with Crippen LogP contribution in [0.25, 0.3) is 0 Å². The molecule has 0 unspecified atom stereocenters. The van der Waals surface area contributed by atoms with E-state index in [9.17, 15) is 5.11 Å². The molecule has 32 heavy (non-hydrogen) atoms. The normalized spacial score (nSPS) is 17.7. The number of fused-ring (bicyclic) bond motifs is 1. The maximum Gasteiger partial charge on any atom is 0.225 e. The molecule has 3 heterocycles. The molecule has 0 atom stereocenters. The lowest BCUT2D eigenvalue weighted by Crippen LogP contribution is -2.60. The lowest BCUT2D eigenvalue weighted by molar-refractivity contribution is 0.0299. The molecule has 1 fully saturated rings. The summed E-state index contributed by atoms with van der Waals surface area (Å²) in [6.45, 7) is 11.5. The summed E-state index contributed by atoms with van der Waals surface area (Å²) in [6, 6.07) is 17.9. The topological polar surface area (TPSA) is 52.5 Å². The standard InChI is InChI=1S/C27H32N4O/c1-19-5-7-21(8-6-19)26(2,3)22-9-11-23(12-10-22)30-14-13-24-20(16-30)15-28-25(29-24)31-17-27(4,32)18-31/h5-12,15,32H,13-14,16-18H2,1-4H3. The van der Waals surface area contributed by atoms with Gasteiger partial charge in [-0.1, -0.05) is 55.8 Å². The van der Waals surface area contributed by atoms with Crippen molar-refractivity contribution in [1.29, 1.82) is 0 Å². The van der Waals surface area contributed by atoms with Gasteiger partial charge in [-0.2, -0.15) is 0 Å². The van der Waals surface area contributed by atoms with Crippen LogP contribution in [0.15, 0.2) is 54.7 Å². The summed E-state index contributed by atoms with van der Waals surface area (Å²) in [5.41, 5.74) is 6.86. The minimum Gasteiger partial charge on any atom is -0.386 e. The summed E-state index contributed by atoms with van der Waals surface area (Å²) in [7, 11) is 0. The fraction of sp³-hybridized carbons (Fsp3) is 0.407. The average Bonchev–Trinajstić information content (AvgIpc) is 2.77. The molecule has 3 aromatic rings. The fourth-order valence-corrected chi connectivity index (χ4v) is 4.82. The monoisotopic (exact) mass is 428 g/mol. The van der Waals surface area contributed by atoms with Crippen LogP contribution in [-0.4, -0.2) is 40.3 Å². The summed E-state index contributed by atoms with van der Waals surface area (Å²) in [5, 5.41) is 9.99. The van der Waals surface area contributed by atoms with E-state index < -0.39 is 5.60 Å². The van der Waals surface area contributed by atoms with Crippen molar-refractivity contribution >= 4 is 11.6 Å². The summed E-state index contributed by atoms with van der Waals surface area (Å²) < 4.78 is 0. The highest BCUT2D eigenvalue weighted by Gasteiger charge is 2.38. The van der Waals surface area contributed by atoms with Crippen LogP contribution in [-0.2, 0) is 18.4 Å². The van der Waals surface area contributed by atoms with Crippen molar-refractivity contribution < 1.29 is 5.11 Å². The van der Waals surface area contributed by atoms with Gasteiger partial charge in [-0.15, -0.1) is 0 Å². The highest BCUT2D eigenvalue weighted by molar-refractivity contribution is 5.52. The van der Waals surface area contributed by atoms with Crippen molar-refractivity contribution in [3.8, 4) is 0 Å². The molecule has 5 nitrogen and oxygen atoms in total. The molecule has 0 amide bonds. The molecule has 1 N–H and O–H groups in total. The number of rotatable bonds is 4. The maximum absolute atomic E-state index is 9.99. The second kappa shape index (κ2) is 7.59. The van der Waals surface area contributed by atoms with E-state index in [2.05, 4.69) is 79.2 Å². The van der Waals surface area contributed by atoms with Crippen LogP contribution in [0.5, 0.6) is 0 Å². The Labute approximate surface area is 190 Å². The Balaban J connectivity index is 1.30. The molecule has 0 radical (unpaired) electrons. The third kappa shape index (κ3) is 3.86. The van der Waals surface area contributed by atoms with Crippen molar-refractivity contribution in [2.24, 2.45) is 0 Å². The smallest absolute Gasteiger partial charge is 0.225 e. The highest BCUT2D eigenvalue weighted by atomic mass is 16.3. The van der Waals surface area contributed by atoms with E-state index in [1.807, 2.05) is 18.0 Å². The molecule has 2 aliphatic rings. The summed E-state index contributed by atoms with van der Waals surface area (Å²) in [4.78, 5) is 13.8. The maximum atomic E-state index is 9.99. The zero-order chi connectivity index (χ0) is 22.5. The number of β-amino-alcohol motifs (C(OH)–C–C–N with tert-alkyl or cyclic N) is 1. The summed E-state index contributed by atoms with van der Waals surface area (Å²) in [5.74, 6) is 0.742. The average molecular weight is 429 g/mol. The minimum atomic E-state index is -0.615. The van der Waals surface area contributed by atoms with Gasteiger partial charge in [-0.3, -0.25) is 0 Å². The van der Waals surface area contributed by atoms with Crippen LogP contribution >= 0.6 is 0 Å². The summed E-state index contributed by atoms with van der Waals surface area (Å²) >= 11 is 0. The van der Waals surface area contributed by atoms with Crippen LogP contribution in [0.1, 0.15) is 48.7 Å². The van der Waals surface area contributed by atoms with Crippen molar-refractivity contribution in [2.75, 3.05) is 29.4 Å². The zero-order valence-corrected chi connectivity index (χ0v) is 19.5. The predicted octanol–water partition coefficient (Wildman–Crippen LogP) is 4.24. The molecule has 5 rings (SSSR count). The third-order valence-corrected chi connectivity index (χ3v) is 6.99. The van der Waals surface area contributed by atoms with Gasteiger partial charge < -0.3 is 14.9 Å². The summed E-state index contributed by atoms with van der Waals surface area (Å²) in [6.07, 6.45) is 2.87. The molecule has 2 aromatic carbocycles. The second-order valence-corrected chi connectivity index (χ2v) is 10.2. The Morgan fingerprint density at radius 3 is 2.19 bits per heavy atom. The zero-order valence-electron chi connectivity index (χ0n) is 19.5. The van der Waals surface area contributed by atoms with Crippen molar-refractivity contribution in [2.45, 2.75) is 51.7 Å². The number of aliphatic hydroxyl groups is 1. The van der Waals surface area contributed by atoms with Crippen molar-refractivity contribution in [3.63, 3.8) is 0 Å². The Bertz CT molecular complexity index is 1110. The molecular formula is C27H32N4O. The van der Waals surface area contributed by atoms with E-state index >= 15 is 0 Å². The number of anilines is 2. The van der Waals surface area contributed by atoms with E-state index in [1.54, 1.807) is 0 Å². The van der Waals surface area contributed by atoms with Gasteiger partial charge >= 0.3 is 0 Å². The number of benzene rings is 2. The first-order valence-electron chi connectivity index (χ1n) is 11.5. The SMILES string of the molecule is Cc1ccc(C(C)(C)c2ccc(N3CCc4nc(N5CC(C)(O)C5)ncc4C3)cc2)cc1. The van der Waals surface area contributed by atoms with E-state index in [1.165, 1.54) is 27.9 Å². The number of aryl methyl sites for hydroxylation is 1. The third-order valence-electron chi connectivity index (χ3n) is 6.99. The van der Waals surface area contributed by atoms with Crippen LogP contribution in [0.4, 0.5) is 11.6 Å². The first kappa shape index (κ1) is 21.0. The molecule has 0 saturated carbocycles. The molecule has 166 valence electrons. The molecule has 5 heteroatoms. The Morgan fingerprint density at radius 2 is 1.56 bits per heavy atom. The van der Waals surface area contributed by atoms with Crippen LogP contribution in [0.2, 0.25) is 0 Å². The van der Waals surface area contributed by atoms with Gasteiger partial charge in [-0.25, -0.2) is 9.97 Å². The largest absolute Gasteiger partial charge is 0.386 e. The molecule has 1 aromatic heterocycles. The van der Waals surface area contributed by atoms with E-state index in [0.29, 0.717) is 13.1 Å². The Kier molecular flexibility index (Phi) is 4.97. The van der Waals surface area contributed by atoms with E-state index in [-0.39, 0.29) is 5.41 Å². The van der Waals surface area contributed by atoms with Gasteiger partial charge in [0.05, 0.1) is 24.4 Å². The number of hydrogen-bond acceptors (Lipinski definition) is 5. The number of aromatic nitrogens is 2. The van der Waals surface area contributed by atoms with Gasteiger partial charge in [0.25, 0.3) is 0 Å². The molecule has 0 bridgehead atoms. The first-order chi connectivity index (χ1) is 15.2. The molecule has 0 spiro atoms. The minimum absolute atomic E-state index is 0.0352. The highest BCUT2D eigenvalue weighted by Crippen LogP contribution is 2.34. The Hall–Kier alpha value is -2.92. The van der Waals surface area contributed by atoms with Crippen molar-refractivity contribution in [3.05, 3.63) is 82.7 Å². The molecular weight excluding hydrogens is 396 g/mol. The van der Waals surface area contributed by atoms with Gasteiger partial charge in [0.15, 0.2) is 0 Å². The fourth-order valence-electron chi connectivity index (χ4n) is 4.82. The first-order valence-corrected chi connectivity index (χ1v) is 11.5. The van der Waals surface area contributed by atoms with Crippen LogP contribution in [0.3, 0.4) is 0 Å².